The monoisotopic (exact) mass is 852 g/mol. The predicted molar refractivity (Wildman–Crippen MR) is 204 cm³/mol. The molecule has 17 nitrogen and oxygen atoms in total. The maximum absolute atomic E-state index is 11.9. The van der Waals surface area contributed by atoms with Gasteiger partial charge in [-0.2, -0.15) is 0 Å². The van der Waals surface area contributed by atoms with Crippen molar-refractivity contribution in [1.82, 2.24) is 0 Å². The van der Waals surface area contributed by atoms with Gasteiger partial charge in [0.1, 0.15) is 61.5 Å². The number of allylic oxidation sites excluding steroid dienone is 4. The molecule has 60 heavy (non-hydrogen) atoms. The van der Waals surface area contributed by atoms with E-state index in [-0.39, 0.29) is 47.2 Å². The summed E-state index contributed by atoms with van der Waals surface area (Å²) in [6.07, 6.45) is -9.00. The maximum atomic E-state index is 11.9. The minimum absolute atomic E-state index is 0.0507. The Hall–Kier alpha value is -1.65. The van der Waals surface area contributed by atoms with Crippen LogP contribution in [0.2, 0.25) is 0 Å². The third-order valence-electron chi connectivity index (χ3n) is 16.7. The van der Waals surface area contributed by atoms with Gasteiger partial charge in [-0.05, 0) is 92.1 Å². The molecule has 5 saturated heterocycles. The quantitative estimate of drug-likeness (QED) is 0.150. The van der Waals surface area contributed by atoms with E-state index in [4.69, 9.17) is 37.9 Å². The topological polar surface area (TPSA) is 253 Å². The van der Waals surface area contributed by atoms with Crippen molar-refractivity contribution in [3.8, 4) is 0 Å². The molecule has 22 atom stereocenters. The number of esters is 1. The summed E-state index contributed by atoms with van der Waals surface area (Å²) < 4.78 is 48.1. The highest BCUT2D eigenvalue weighted by Gasteiger charge is 2.75. The van der Waals surface area contributed by atoms with E-state index < -0.39 is 104 Å². The Morgan fingerprint density at radius 2 is 1.60 bits per heavy atom. The van der Waals surface area contributed by atoms with Crippen LogP contribution in [0.15, 0.2) is 22.8 Å². The Kier molecular flexibility index (Phi) is 11.3. The molecule has 0 aromatic rings. The third kappa shape index (κ3) is 6.47. The van der Waals surface area contributed by atoms with Crippen LogP contribution < -0.4 is 0 Å². The van der Waals surface area contributed by atoms with Crippen LogP contribution in [-0.4, -0.2) is 164 Å². The number of carbonyl (C=O) groups is 1. The zero-order chi connectivity index (χ0) is 42.8. The lowest BCUT2D eigenvalue weighted by Crippen LogP contribution is -2.65. The first kappa shape index (κ1) is 43.6. The summed E-state index contributed by atoms with van der Waals surface area (Å²) in [5.41, 5.74) is 2.55. The van der Waals surface area contributed by atoms with Crippen molar-refractivity contribution in [3.05, 3.63) is 22.8 Å². The zero-order valence-corrected chi connectivity index (χ0v) is 35.0. The normalized spacial score (nSPS) is 54.8. The number of rotatable bonds is 8. The first-order valence-electron chi connectivity index (χ1n) is 21.9. The Balaban J connectivity index is 0.909. The van der Waals surface area contributed by atoms with Gasteiger partial charge < -0.3 is 78.7 Å². The Morgan fingerprint density at radius 3 is 2.33 bits per heavy atom. The fourth-order valence-corrected chi connectivity index (χ4v) is 13.1. The van der Waals surface area contributed by atoms with Gasteiger partial charge in [0.25, 0.3) is 0 Å². The second-order valence-corrected chi connectivity index (χ2v) is 19.7. The number of aliphatic hydroxyl groups excluding tert-OH is 7. The van der Waals surface area contributed by atoms with Crippen molar-refractivity contribution in [2.45, 2.75) is 183 Å². The van der Waals surface area contributed by atoms with E-state index >= 15 is 0 Å². The Bertz CT molecular complexity index is 1720. The number of hydrogen-bond donors (Lipinski definition) is 8. The van der Waals surface area contributed by atoms with E-state index in [1.165, 1.54) is 23.6 Å². The van der Waals surface area contributed by atoms with Gasteiger partial charge in [-0.25, -0.2) is 0 Å². The van der Waals surface area contributed by atoms with Crippen molar-refractivity contribution < 1.29 is 83.5 Å². The van der Waals surface area contributed by atoms with Crippen LogP contribution >= 0.6 is 0 Å². The SMILES string of the molecule is CC(=O)OCC1OC(OC2CCC3(C)C4=C(CCC3C2)C2=CCC(C3C(O)OC5C3OC3(C)OCC(C)C53O)C2(C)CC4)C(OC2OC(CO)C(O)C(O)C2O)C(O)C1O. The van der Waals surface area contributed by atoms with Crippen molar-refractivity contribution in [2.24, 2.45) is 34.5 Å². The van der Waals surface area contributed by atoms with Gasteiger partial charge in [0.2, 0.25) is 0 Å². The molecule has 22 unspecified atom stereocenters. The van der Waals surface area contributed by atoms with Crippen LogP contribution in [0, 0.1) is 34.5 Å². The highest BCUT2D eigenvalue weighted by Crippen LogP contribution is 2.67. The van der Waals surface area contributed by atoms with Crippen LogP contribution in [0.4, 0.5) is 0 Å². The molecule has 9 rings (SSSR count). The fraction of sp³-hybridized carbons (Fsp3) is 0.884. The Labute approximate surface area is 349 Å². The second-order valence-electron chi connectivity index (χ2n) is 19.7. The van der Waals surface area contributed by atoms with E-state index in [0.717, 1.165) is 38.5 Å². The van der Waals surface area contributed by atoms with Crippen molar-refractivity contribution in [3.63, 3.8) is 0 Å². The molecule has 0 spiro atoms. The third-order valence-corrected chi connectivity index (χ3v) is 16.7. The average Bonchev–Trinajstić information content (AvgIpc) is 3.86. The summed E-state index contributed by atoms with van der Waals surface area (Å²) in [5.74, 6) is -2.04. The molecular weight excluding hydrogens is 788 g/mol. The molecule has 0 aromatic heterocycles. The number of hydrogen-bond acceptors (Lipinski definition) is 17. The highest BCUT2D eigenvalue weighted by atomic mass is 16.8. The van der Waals surface area contributed by atoms with Crippen molar-refractivity contribution >= 4 is 5.97 Å². The fourth-order valence-electron chi connectivity index (χ4n) is 13.1. The van der Waals surface area contributed by atoms with Crippen LogP contribution in [0.25, 0.3) is 0 Å². The molecule has 4 aliphatic carbocycles. The zero-order valence-electron chi connectivity index (χ0n) is 35.0. The van der Waals surface area contributed by atoms with Crippen molar-refractivity contribution in [2.75, 3.05) is 19.8 Å². The molecule has 17 heteroatoms. The van der Waals surface area contributed by atoms with Crippen LogP contribution in [0.5, 0.6) is 0 Å². The Morgan fingerprint density at radius 1 is 0.867 bits per heavy atom. The van der Waals surface area contributed by atoms with E-state index in [9.17, 15) is 45.6 Å². The van der Waals surface area contributed by atoms with Crippen molar-refractivity contribution in [1.29, 1.82) is 0 Å². The van der Waals surface area contributed by atoms with E-state index in [1.807, 2.05) is 6.92 Å². The molecule has 9 aliphatic rings. The molecule has 1 saturated carbocycles. The van der Waals surface area contributed by atoms with Gasteiger partial charge in [-0.15, -0.1) is 0 Å². The van der Waals surface area contributed by atoms with Gasteiger partial charge in [-0.1, -0.05) is 32.4 Å². The first-order valence-corrected chi connectivity index (χ1v) is 21.9. The predicted octanol–water partition coefficient (Wildman–Crippen LogP) is 0.0555. The molecule has 5 heterocycles. The molecule has 0 bridgehead atoms. The lowest BCUT2D eigenvalue weighted by molar-refractivity contribution is -0.373. The molecular formula is C43H64O17. The molecule has 8 N–H and O–H groups in total. The summed E-state index contributed by atoms with van der Waals surface area (Å²) in [4.78, 5) is 11.7. The minimum atomic E-state index is -1.77. The van der Waals surface area contributed by atoms with E-state index in [2.05, 4.69) is 19.9 Å². The summed E-state index contributed by atoms with van der Waals surface area (Å²) in [6, 6.07) is 0. The number of aliphatic hydroxyl groups is 8. The standard InChI is InChI=1S/C43H64O17/c1-18-16-54-42(5)43(18,52)36-34(60-42)28(37(51)59-36)25-9-8-23-22-7-6-20-14-21(10-12-40(20,3)24(22)11-13-41(23,25)4)55-39-35(32(49)30(47)27(57-39)17-53-19(2)45)58-38-33(50)31(48)29(46)26(15-44)56-38/h8,18,20-21,25-39,44,46-52H,6-7,9-17H2,1-5H3. The molecule has 0 aromatic carbocycles. The minimum Gasteiger partial charge on any atom is -0.463 e. The second kappa shape index (κ2) is 15.5. The number of ether oxygens (including phenoxy) is 8. The van der Waals surface area contributed by atoms with E-state index in [1.54, 1.807) is 6.92 Å². The van der Waals surface area contributed by atoms with Crippen LogP contribution in [0.3, 0.4) is 0 Å². The molecule has 6 fully saturated rings. The van der Waals surface area contributed by atoms with Gasteiger partial charge in [0, 0.05) is 18.8 Å². The van der Waals surface area contributed by atoms with Gasteiger partial charge in [0.15, 0.2) is 30.3 Å². The highest BCUT2D eigenvalue weighted by molar-refractivity contribution is 5.65. The number of carbonyl (C=O) groups excluding carboxylic acids is 1. The molecule has 0 radical (unpaired) electrons. The first-order chi connectivity index (χ1) is 28.4. The van der Waals surface area contributed by atoms with Gasteiger partial charge in [-0.3, -0.25) is 4.79 Å². The van der Waals surface area contributed by atoms with Crippen LogP contribution in [-0.2, 0) is 42.7 Å². The van der Waals surface area contributed by atoms with Crippen LogP contribution in [0.1, 0.15) is 86.0 Å². The summed E-state index contributed by atoms with van der Waals surface area (Å²) in [6.45, 7) is 8.90. The van der Waals surface area contributed by atoms with Gasteiger partial charge in [0.05, 0.1) is 25.4 Å². The van der Waals surface area contributed by atoms with E-state index in [0.29, 0.717) is 19.4 Å². The molecule has 0 amide bonds. The lowest BCUT2D eigenvalue weighted by atomic mass is 9.51. The maximum Gasteiger partial charge on any atom is 0.302 e. The average molecular weight is 853 g/mol. The smallest absolute Gasteiger partial charge is 0.302 e. The summed E-state index contributed by atoms with van der Waals surface area (Å²) >= 11 is 0. The largest absolute Gasteiger partial charge is 0.463 e. The molecule has 5 aliphatic heterocycles. The summed E-state index contributed by atoms with van der Waals surface area (Å²) in [5, 5.41) is 86.9. The summed E-state index contributed by atoms with van der Waals surface area (Å²) in [7, 11) is 0. The number of fused-ring (bicyclic) bond motifs is 7. The molecule has 338 valence electrons. The lowest BCUT2D eigenvalue weighted by Gasteiger charge is -2.54. The van der Waals surface area contributed by atoms with Gasteiger partial charge >= 0.3 is 5.97 Å².